The summed E-state index contributed by atoms with van der Waals surface area (Å²) in [5.41, 5.74) is 6.01. The Labute approximate surface area is 232 Å². The Hall–Kier alpha value is -4.37. The number of carbonyl (C=O) groups is 1. The van der Waals surface area contributed by atoms with E-state index in [9.17, 15) is 4.79 Å². The van der Waals surface area contributed by atoms with E-state index < -0.39 is 0 Å². The Bertz CT molecular complexity index is 1630. The number of piperazine rings is 1. The number of hydrogen-bond acceptors (Lipinski definition) is 7. The number of amides is 1. The Morgan fingerprint density at radius 1 is 0.925 bits per heavy atom. The van der Waals surface area contributed by atoms with Crippen LogP contribution in [0, 0.1) is 5.92 Å². The number of imidazole rings is 1. The molecule has 9 heteroatoms. The first kappa shape index (κ1) is 24.7. The normalized spacial score (nSPS) is 16.1. The maximum atomic E-state index is 12.3. The molecule has 1 aliphatic heterocycles. The van der Waals surface area contributed by atoms with Gasteiger partial charge in [0, 0.05) is 68.9 Å². The Balaban J connectivity index is 0.994. The molecule has 7 rings (SSSR count). The number of nitrogens with zero attached hydrogens (tertiary/aromatic N) is 6. The molecular formula is C31H31N7O2. The lowest BCUT2D eigenvalue weighted by molar-refractivity contribution is -0.134. The molecule has 9 nitrogen and oxygen atoms in total. The number of nitrogens with one attached hydrogen (secondary N) is 1. The van der Waals surface area contributed by atoms with Gasteiger partial charge >= 0.3 is 0 Å². The number of pyridine rings is 1. The lowest BCUT2D eigenvalue weighted by atomic mass is 10.1. The molecule has 202 valence electrons. The van der Waals surface area contributed by atoms with E-state index in [1.54, 1.807) is 0 Å². The fourth-order valence-electron chi connectivity index (χ4n) is 5.37. The number of aromatic amines is 1. The van der Waals surface area contributed by atoms with E-state index in [1.807, 2.05) is 47.5 Å². The molecule has 2 aromatic carbocycles. The first-order chi connectivity index (χ1) is 19.7. The van der Waals surface area contributed by atoms with Crippen LogP contribution in [0.3, 0.4) is 0 Å². The summed E-state index contributed by atoms with van der Waals surface area (Å²) in [5, 5.41) is 4.16. The van der Waals surface area contributed by atoms with Gasteiger partial charge in [-0.3, -0.25) is 14.7 Å². The standard InChI is InChI=1S/C31H31N7O2/c39-31(23-6-7-23)38-14-12-37(13-15-38)20-22-10-11-32-25(16-22)19-28-33-26-9-8-24(18-27(26)34-28)30-35-29(36-40-30)17-21-4-2-1-3-5-21/h1-5,8-11,16,18,23H,6-7,12-15,17,19-20H2,(H,33,34). The second-order valence-corrected chi connectivity index (χ2v) is 10.8. The van der Waals surface area contributed by atoms with Gasteiger partial charge < -0.3 is 14.4 Å². The number of benzene rings is 2. The molecule has 1 amide bonds. The molecule has 1 aliphatic carbocycles. The van der Waals surface area contributed by atoms with E-state index in [4.69, 9.17) is 9.51 Å². The van der Waals surface area contributed by atoms with Crippen molar-refractivity contribution in [2.24, 2.45) is 5.92 Å². The summed E-state index contributed by atoms with van der Waals surface area (Å²) in [5.74, 6) is 2.67. The van der Waals surface area contributed by atoms with Gasteiger partial charge in [-0.05, 0) is 54.3 Å². The second kappa shape index (κ2) is 10.7. The lowest BCUT2D eigenvalue weighted by Crippen LogP contribution is -2.48. The molecule has 4 heterocycles. The van der Waals surface area contributed by atoms with Gasteiger partial charge in [0.15, 0.2) is 5.82 Å². The smallest absolute Gasteiger partial charge is 0.258 e. The summed E-state index contributed by atoms with van der Waals surface area (Å²) in [7, 11) is 0. The highest BCUT2D eigenvalue weighted by molar-refractivity contribution is 5.81. The van der Waals surface area contributed by atoms with Crippen LogP contribution in [0.15, 0.2) is 71.4 Å². The van der Waals surface area contributed by atoms with Crippen molar-refractivity contribution >= 4 is 16.9 Å². The van der Waals surface area contributed by atoms with Gasteiger partial charge in [-0.1, -0.05) is 35.5 Å². The largest absolute Gasteiger partial charge is 0.342 e. The summed E-state index contributed by atoms with van der Waals surface area (Å²) >= 11 is 0. The van der Waals surface area contributed by atoms with Crippen molar-refractivity contribution in [2.75, 3.05) is 26.2 Å². The van der Waals surface area contributed by atoms with E-state index in [0.29, 0.717) is 36.4 Å². The maximum absolute atomic E-state index is 12.3. The zero-order valence-electron chi connectivity index (χ0n) is 22.3. The fourth-order valence-corrected chi connectivity index (χ4v) is 5.37. The molecule has 1 N–H and O–H groups in total. The van der Waals surface area contributed by atoms with Crippen LogP contribution >= 0.6 is 0 Å². The first-order valence-electron chi connectivity index (χ1n) is 14.0. The third kappa shape index (κ3) is 5.51. The number of hydrogen-bond donors (Lipinski definition) is 1. The van der Waals surface area contributed by atoms with Crippen molar-refractivity contribution in [2.45, 2.75) is 32.2 Å². The van der Waals surface area contributed by atoms with Crippen LogP contribution in [0.4, 0.5) is 0 Å². The van der Waals surface area contributed by atoms with Crippen LogP contribution in [-0.2, 0) is 24.2 Å². The average molecular weight is 534 g/mol. The highest BCUT2D eigenvalue weighted by Gasteiger charge is 2.34. The van der Waals surface area contributed by atoms with E-state index in [-0.39, 0.29) is 0 Å². The molecular weight excluding hydrogens is 502 g/mol. The average Bonchev–Trinajstić information content (AvgIpc) is 3.60. The van der Waals surface area contributed by atoms with Crippen molar-refractivity contribution in [3.05, 3.63) is 95.3 Å². The summed E-state index contributed by atoms with van der Waals surface area (Å²) in [6.45, 7) is 4.34. The van der Waals surface area contributed by atoms with Crippen molar-refractivity contribution in [1.29, 1.82) is 0 Å². The highest BCUT2D eigenvalue weighted by Crippen LogP contribution is 2.31. The van der Waals surface area contributed by atoms with Crippen LogP contribution < -0.4 is 0 Å². The molecule has 1 saturated heterocycles. The number of H-pyrrole nitrogens is 1. The minimum Gasteiger partial charge on any atom is -0.342 e. The van der Waals surface area contributed by atoms with Crippen molar-refractivity contribution in [1.82, 2.24) is 34.9 Å². The molecule has 40 heavy (non-hydrogen) atoms. The van der Waals surface area contributed by atoms with Crippen molar-refractivity contribution < 1.29 is 9.32 Å². The molecule has 3 aromatic heterocycles. The third-order valence-corrected chi connectivity index (χ3v) is 7.70. The van der Waals surface area contributed by atoms with E-state index in [2.05, 4.69) is 49.3 Å². The maximum Gasteiger partial charge on any atom is 0.258 e. The quantitative estimate of drug-likeness (QED) is 0.318. The molecule has 5 aromatic rings. The minimum absolute atomic E-state index is 0.302. The summed E-state index contributed by atoms with van der Waals surface area (Å²) in [6.07, 6.45) is 5.26. The molecule has 0 unspecified atom stereocenters. The van der Waals surface area contributed by atoms with Gasteiger partial charge in [-0.15, -0.1) is 0 Å². The predicted molar refractivity (Wildman–Crippen MR) is 150 cm³/mol. The van der Waals surface area contributed by atoms with Crippen LogP contribution in [0.5, 0.6) is 0 Å². The summed E-state index contributed by atoms with van der Waals surface area (Å²) in [6, 6.07) is 20.3. The highest BCUT2D eigenvalue weighted by atomic mass is 16.5. The Morgan fingerprint density at radius 3 is 2.60 bits per heavy atom. The lowest BCUT2D eigenvalue weighted by Gasteiger charge is -2.35. The van der Waals surface area contributed by atoms with Gasteiger partial charge in [-0.25, -0.2) is 4.98 Å². The molecule has 2 aliphatic rings. The first-order valence-corrected chi connectivity index (χ1v) is 14.0. The molecule has 2 fully saturated rings. The van der Waals surface area contributed by atoms with Gasteiger partial charge in [0.2, 0.25) is 5.91 Å². The zero-order chi connectivity index (χ0) is 26.9. The third-order valence-electron chi connectivity index (χ3n) is 7.70. The molecule has 0 atom stereocenters. The predicted octanol–water partition coefficient (Wildman–Crippen LogP) is 4.24. The van der Waals surface area contributed by atoms with E-state index in [1.165, 1.54) is 5.56 Å². The number of rotatable bonds is 8. The van der Waals surface area contributed by atoms with Crippen molar-refractivity contribution in [3.63, 3.8) is 0 Å². The second-order valence-electron chi connectivity index (χ2n) is 10.8. The molecule has 0 radical (unpaired) electrons. The van der Waals surface area contributed by atoms with Gasteiger partial charge in [-0.2, -0.15) is 4.98 Å². The van der Waals surface area contributed by atoms with Crippen LogP contribution in [-0.4, -0.2) is 67.0 Å². The molecule has 0 spiro atoms. The van der Waals surface area contributed by atoms with Crippen LogP contribution in [0.1, 0.15) is 41.3 Å². The van der Waals surface area contributed by atoms with Crippen LogP contribution in [0.2, 0.25) is 0 Å². The fraction of sp³-hybridized carbons (Fsp3) is 0.323. The topological polar surface area (TPSA) is 104 Å². The van der Waals surface area contributed by atoms with E-state index in [0.717, 1.165) is 79.2 Å². The summed E-state index contributed by atoms with van der Waals surface area (Å²) < 4.78 is 5.55. The summed E-state index contributed by atoms with van der Waals surface area (Å²) in [4.78, 5) is 34.2. The van der Waals surface area contributed by atoms with Gasteiger partial charge in [0.1, 0.15) is 5.82 Å². The van der Waals surface area contributed by atoms with Crippen LogP contribution in [0.25, 0.3) is 22.5 Å². The number of aromatic nitrogens is 5. The number of fused-ring (bicyclic) bond motifs is 1. The minimum atomic E-state index is 0.302. The van der Waals surface area contributed by atoms with Crippen molar-refractivity contribution in [3.8, 4) is 11.5 Å². The number of carbonyl (C=O) groups excluding carboxylic acids is 1. The molecule has 1 saturated carbocycles. The Morgan fingerprint density at radius 2 is 1.77 bits per heavy atom. The molecule has 0 bridgehead atoms. The van der Waals surface area contributed by atoms with Gasteiger partial charge in [0.05, 0.1) is 11.0 Å². The Kier molecular flexibility index (Phi) is 6.57. The monoisotopic (exact) mass is 533 g/mol. The van der Waals surface area contributed by atoms with Gasteiger partial charge in [0.25, 0.3) is 5.89 Å². The SMILES string of the molecule is O=C(C1CC1)N1CCN(Cc2ccnc(Cc3nc4ccc(-c5nc(Cc6ccccc6)no5)cc4[nH]3)c2)CC1. The zero-order valence-corrected chi connectivity index (χ0v) is 22.3. The van der Waals surface area contributed by atoms with E-state index >= 15 is 0 Å².